The molecule has 0 aliphatic heterocycles. The van der Waals surface area contributed by atoms with Gasteiger partial charge in [-0.05, 0) is 29.0 Å². The van der Waals surface area contributed by atoms with Crippen molar-refractivity contribution in [2.24, 2.45) is 7.05 Å². The zero-order chi connectivity index (χ0) is 12.3. The predicted molar refractivity (Wildman–Crippen MR) is 71.5 cm³/mol. The Morgan fingerprint density at radius 3 is 2.94 bits per heavy atom. The van der Waals surface area contributed by atoms with Crippen molar-refractivity contribution < 1.29 is 4.42 Å². The molecule has 2 aromatic rings. The number of hydrogen-bond acceptors (Lipinski definition) is 5. The molecule has 0 unspecified atom stereocenters. The second kappa shape index (κ2) is 5.48. The summed E-state index contributed by atoms with van der Waals surface area (Å²) in [6.07, 6.45) is 3.65. The highest BCUT2D eigenvalue weighted by atomic mass is 127. The van der Waals surface area contributed by atoms with Gasteiger partial charge in [-0.25, -0.2) is 0 Å². The van der Waals surface area contributed by atoms with Crippen LogP contribution in [0.25, 0.3) is 0 Å². The zero-order valence-electron chi connectivity index (χ0n) is 9.77. The summed E-state index contributed by atoms with van der Waals surface area (Å²) in [6, 6.07) is 0.463. The molecule has 0 spiro atoms. The first-order valence-electron chi connectivity index (χ1n) is 5.43. The van der Waals surface area contributed by atoms with E-state index in [0.717, 1.165) is 22.1 Å². The topological polar surface area (TPSA) is 68.8 Å². The molecule has 2 rings (SSSR count). The monoisotopic (exact) mass is 347 g/mol. The van der Waals surface area contributed by atoms with Crippen LogP contribution < -0.4 is 5.32 Å². The molecule has 17 heavy (non-hydrogen) atoms. The Morgan fingerprint density at radius 2 is 2.29 bits per heavy atom. The molecular formula is C10H14IN5O. The first kappa shape index (κ1) is 12.3. The van der Waals surface area contributed by atoms with Gasteiger partial charge < -0.3 is 9.73 Å². The average molecular weight is 347 g/mol. The van der Waals surface area contributed by atoms with Crippen LogP contribution in [-0.4, -0.2) is 20.0 Å². The molecule has 1 N–H and O–H groups in total. The van der Waals surface area contributed by atoms with E-state index in [-0.39, 0.29) is 0 Å². The minimum Gasteiger partial charge on any atom is -0.408 e. The van der Waals surface area contributed by atoms with E-state index in [2.05, 4.69) is 50.1 Å². The van der Waals surface area contributed by atoms with Gasteiger partial charge in [-0.3, -0.25) is 4.68 Å². The number of rotatable bonds is 5. The maximum absolute atomic E-state index is 5.44. The van der Waals surface area contributed by atoms with E-state index in [9.17, 15) is 0 Å². The highest BCUT2D eigenvalue weighted by Crippen LogP contribution is 2.13. The summed E-state index contributed by atoms with van der Waals surface area (Å²) >= 11 is 2.25. The molecule has 2 aromatic heterocycles. The summed E-state index contributed by atoms with van der Waals surface area (Å²) in [4.78, 5) is 0. The van der Waals surface area contributed by atoms with Crippen LogP contribution >= 0.6 is 22.6 Å². The molecule has 2 heterocycles. The molecule has 0 radical (unpaired) electrons. The van der Waals surface area contributed by atoms with Crippen molar-refractivity contribution in [1.29, 1.82) is 0 Å². The Labute approximate surface area is 113 Å². The summed E-state index contributed by atoms with van der Waals surface area (Å²) in [5.74, 6) is 0.676. The summed E-state index contributed by atoms with van der Waals surface area (Å²) in [6.45, 7) is 2.71. The molecule has 0 aliphatic rings. The Kier molecular flexibility index (Phi) is 3.97. The molecule has 7 heteroatoms. The highest BCUT2D eigenvalue weighted by Gasteiger charge is 2.08. The van der Waals surface area contributed by atoms with Crippen LogP contribution in [0.15, 0.2) is 10.6 Å². The molecule has 0 fully saturated rings. The summed E-state index contributed by atoms with van der Waals surface area (Å²) in [5.41, 5.74) is 1.10. The van der Waals surface area contributed by atoms with Gasteiger partial charge in [0.2, 0.25) is 5.89 Å². The Bertz CT molecular complexity index is 473. The van der Waals surface area contributed by atoms with Gasteiger partial charge >= 0.3 is 6.01 Å². The van der Waals surface area contributed by atoms with Crippen LogP contribution in [-0.2, 0) is 20.0 Å². The summed E-state index contributed by atoms with van der Waals surface area (Å²) in [5, 5.41) is 15.1. The maximum Gasteiger partial charge on any atom is 0.315 e. The fraction of sp³-hybridized carbons (Fsp3) is 0.500. The number of aromatic nitrogens is 4. The van der Waals surface area contributed by atoms with Crippen LogP contribution in [0.2, 0.25) is 0 Å². The van der Waals surface area contributed by atoms with Crippen LogP contribution in [0.1, 0.15) is 24.9 Å². The van der Waals surface area contributed by atoms with E-state index in [0.29, 0.717) is 18.5 Å². The van der Waals surface area contributed by atoms with E-state index >= 15 is 0 Å². The number of nitrogens with one attached hydrogen (secondary N) is 1. The molecule has 0 saturated heterocycles. The smallest absolute Gasteiger partial charge is 0.315 e. The lowest BCUT2D eigenvalue weighted by Crippen LogP contribution is -2.06. The largest absolute Gasteiger partial charge is 0.408 e. The Morgan fingerprint density at radius 1 is 1.47 bits per heavy atom. The van der Waals surface area contributed by atoms with Gasteiger partial charge in [0, 0.05) is 13.5 Å². The maximum atomic E-state index is 5.44. The number of nitrogens with zero attached hydrogens (tertiary/aromatic N) is 4. The molecule has 0 aromatic carbocycles. The van der Waals surface area contributed by atoms with Crippen molar-refractivity contribution >= 4 is 28.6 Å². The number of halogens is 1. The number of aryl methyl sites for hydroxylation is 2. The molecule has 0 aliphatic carbocycles. The van der Waals surface area contributed by atoms with Gasteiger partial charge in [-0.2, -0.15) is 5.10 Å². The van der Waals surface area contributed by atoms with Gasteiger partial charge in [0.1, 0.15) is 0 Å². The lowest BCUT2D eigenvalue weighted by Gasteiger charge is -2.02. The fourth-order valence-corrected chi connectivity index (χ4v) is 2.10. The molecule has 6 nitrogen and oxygen atoms in total. The second-order valence-corrected chi connectivity index (χ2v) is 4.83. The first-order valence-corrected chi connectivity index (χ1v) is 6.51. The normalized spacial score (nSPS) is 10.8. The summed E-state index contributed by atoms with van der Waals surface area (Å²) in [7, 11) is 1.91. The molecule has 0 atom stereocenters. The van der Waals surface area contributed by atoms with Gasteiger partial charge in [-0.15, -0.1) is 5.10 Å². The van der Waals surface area contributed by atoms with Crippen LogP contribution in [0.4, 0.5) is 6.01 Å². The third-order valence-electron chi connectivity index (χ3n) is 2.35. The zero-order valence-corrected chi connectivity index (χ0v) is 11.9. The molecular weight excluding hydrogens is 333 g/mol. The van der Waals surface area contributed by atoms with Crippen LogP contribution in [0.3, 0.4) is 0 Å². The van der Waals surface area contributed by atoms with Gasteiger partial charge in [0.05, 0.1) is 22.0 Å². The number of anilines is 1. The molecule has 0 amide bonds. The first-order chi connectivity index (χ1) is 8.20. The van der Waals surface area contributed by atoms with E-state index in [4.69, 9.17) is 4.42 Å². The van der Waals surface area contributed by atoms with Crippen molar-refractivity contribution in [2.75, 3.05) is 5.32 Å². The van der Waals surface area contributed by atoms with E-state index in [1.54, 1.807) is 0 Å². The minimum atomic E-state index is 0.463. The lowest BCUT2D eigenvalue weighted by atomic mass is 10.3. The molecule has 0 saturated carbocycles. The van der Waals surface area contributed by atoms with E-state index in [1.807, 2.05) is 17.9 Å². The van der Waals surface area contributed by atoms with Crippen LogP contribution in [0, 0.1) is 3.57 Å². The molecule has 92 valence electrons. The third-order valence-corrected chi connectivity index (χ3v) is 3.25. The SMILES string of the molecule is CCCc1nnc(NCc2c(I)cnn2C)o1. The van der Waals surface area contributed by atoms with Gasteiger partial charge in [0.25, 0.3) is 0 Å². The Hall–Kier alpha value is -1.12. The van der Waals surface area contributed by atoms with Crippen molar-refractivity contribution in [3.8, 4) is 0 Å². The minimum absolute atomic E-state index is 0.463. The highest BCUT2D eigenvalue weighted by molar-refractivity contribution is 14.1. The Balaban J connectivity index is 1.97. The fourth-order valence-electron chi connectivity index (χ4n) is 1.43. The van der Waals surface area contributed by atoms with Crippen molar-refractivity contribution in [3.05, 3.63) is 21.4 Å². The number of hydrogen-bond donors (Lipinski definition) is 1. The van der Waals surface area contributed by atoms with Crippen LogP contribution in [0.5, 0.6) is 0 Å². The van der Waals surface area contributed by atoms with Crippen molar-refractivity contribution in [2.45, 2.75) is 26.3 Å². The lowest BCUT2D eigenvalue weighted by molar-refractivity contribution is 0.500. The quantitative estimate of drug-likeness (QED) is 0.838. The standard InChI is InChI=1S/C10H14IN5O/c1-3-4-9-14-15-10(17-9)12-6-8-7(11)5-13-16(8)2/h5H,3-4,6H2,1-2H3,(H,12,15). The molecule has 0 bridgehead atoms. The van der Waals surface area contributed by atoms with Gasteiger partial charge in [0.15, 0.2) is 0 Å². The van der Waals surface area contributed by atoms with Gasteiger partial charge in [-0.1, -0.05) is 12.0 Å². The summed E-state index contributed by atoms with van der Waals surface area (Å²) < 4.78 is 8.38. The van der Waals surface area contributed by atoms with E-state index in [1.165, 1.54) is 0 Å². The predicted octanol–water partition coefficient (Wildman–Crippen LogP) is 1.97. The van der Waals surface area contributed by atoms with Crippen molar-refractivity contribution in [1.82, 2.24) is 20.0 Å². The second-order valence-electron chi connectivity index (χ2n) is 3.67. The third kappa shape index (κ3) is 2.96. The average Bonchev–Trinajstić information content (AvgIpc) is 2.86. The van der Waals surface area contributed by atoms with Crippen molar-refractivity contribution in [3.63, 3.8) is 0 Å². The van der Waals surface area contributed by atoms with E-state index < -0.39 is 0 Å².